The van der Waals surface area contributed by atoms with Gasteiger partial charge in [0.05, 0.1) is 17.3 Å². The summed E-state index contributed by atoms with van der Waals surface area (Å²) in [6.45, 7) is 6.66. The van der Waals surface area contributed by atoms with Crippen LogP contribution in [0, 0.1) is 12.7 Å². The average Bonchev–Trinajstić information content (AvgIpc) is 2.38. The van der Waals surface area contributed by atoms with Crippen molar-refractivity contribution in [3.63, 3.8) is 0 Å². The number of halogens is 2. The number of carbonyl (C=O) groups is 1. The zero-order chi connectivity index (χ0) is 14.9. The molecule has 0 N–H and O–H groups in total. The minimum absolute atomic E-state index is 0.0735. The first-order valence-electron chi connectivity index (χ1n) is 6.61. The lowest BCUT2D eigenvalue weighted by atomic mass is 10.0. The Hall–Kier alpha value is -0.940. The lowest BCUT2D eigenvalue weighted by molar-refractivity contribution is -0.116. The molecule has 0 radical (unpaired) electrons. The third-order valence-electron chi connectivity index (χ3n) is 3.29. The van der Waals surface area contributed by atoms with Gasteiger partial charge in [0.25, 0.3) is 5.91 Å². The molecule has 20 heavy (non-hydrogen) atoms. The number of ether oxygens (including phenoxy) is 1. The molecule has 2 rings (SSSR count). The van der Waals surface area contributed by atoms with Gasteiger partial charge >= 0.3 is 0 Å². The summed E-state index contributed by atoms with van der Waals surface area (Å²) in [5.41, 5.74) is 0.586. The van der Waals surface area contributed by atoms with E-state index in [0.717, 1.165) is 5.56 Å². The topological polar surface area (TPSA) is 29.5 Å². The molecular weight excluding hydrogens is 325 g/mol. The summed E-state index contributed by atoms with van der Waals surface area (Å²) in [5, 5.41) is 0.649. The first kappa shape index (κ1) is 15.4. The lowest BCUT2D eigenvalue weighted by Gasteiger charge is -2.42. The van der Waals surface area contributed by atoms with Gasteiger partial charge in [-0.2, -0.15) is 0 Å². The molecule has 0 spiro atoms. The number of rotatable bonds is 2. The Morgan fingerprint density at radius 1 is 1.55 bits per heavy atom. The second-order valence-electron chi connectivity index (χ2n) is 5.82. The fraction of sp³-hybridized carbons (Fsp3) is 0.533. The molecule has 1 aliphatic heterocycles. The normalized spacial score (nSPS) is 21.9. The largest absolute Gasteiger partial charge is 0.368 e. The zero-order valence-corrected chi connectivity index (χ0v) is 13.5. The van der Waals surface area contributed by atoms with Crippen molar-refractivity contribution in [1.29, 1.82) is 0 Å². The highest BCUT2D eigenvalue weighted by molar-refractivity contribution is 9.09. The number of nitrogens with zero attached hydrogens (tertiary/aromatic N) is 1. The Kier molecular flexibility index (Phi) is 4.49. The molecule has 1 aliphatic rings. The molecule has 0 aliphatic carbocycles. The second kappa shape index (κ2) is 5.82. The Bertz CT molecular complexity index is 519. The molecule has 5 heteroatoms. The van der Waals surface area contributed by atoms with Crippen LogP contribution in [-0.4, -0.2) is 40.9 Å². The Morgan fingerprint density at radius 2 is 2.25 bits per heavy atom. The monoisotopic (exact) mass is 343 g/mol. The SMILES string of the molecule is Cc1ccc(F)c(C(=O)N2CC(CBr)OC(C)(C)C2)c1. The summed E-state index contributed by atoms with van der Waals surface area (Å²) in [4.78, 5) is 14.2. The Balaban J connectivity index is 2.25. The van der Waals surface area contributed by atoms with Gasteiger partial charge in [0.1, 0.15) is 5.82 Å². The maximum absolute atomic E-state index is 13.9. The van der Waals surface area contributed by atoms with Crippen LogP contribution in [0.5, 0.6) is 0 Å². The summed E-state index contributed by atoms with van der Waals surface area (Å²) in [6, 6.07) is 4.61. The van der Waals surface area contributed by atoms with E-state index >= 15 is 0 Å². The Morgan fingerprint density at radius 3 is 2.90 bits per heavy atom. The zero-order valence-electron chi connectivity index (χ0n) is 12.0. The highest BCUT2D eigenvalue weighted by Gasteiger charge is 2.36. The van der Waals surface area contributed by atoms with Crippen LogP contribution in [0.3, 0.4) is 0 Å². The molecule has 3 nitrogen and oxygen atoms in total. The van der Waals surface area contributed by atoms with Crippen molar-refractivity contribution in [3.8, 4) is 0 Å². The number of morpholine rings is 1. The fourth-order valence-electron chi connectivity index (χ4n) is 2.50. The summed E-state index contributed by atoms with van der Waals surface area (Å²) in [5.74, 6) is -0.742. The molecule has 1 aromatic rings. The van der Waals surface area contributed by atoms with Crippen LogP contribution in [0.4, 0.5) is 4.39 Å². The molecule has 1 atom stereocenters. The standard InChI is InChI=1S/C15H19BrFNO2/c1-10-4-5-13(17)12(6-10)14(19)18-8-11(7-16)20-15(2,3)9-18/h4-6,11H,7-9H2,1-3H3. The van der Waals surface area contributed by atoms with Crippen molar-refractivity contribution in [1.82, 2.24) is 4.90 Å². The minimum Gasteiger partial charge on any atom is -0.368 e. The molecule has 1 amide bonds. The molecule has 0 aromatic heterocycles. The molecule has 1 saturated heterocycles. The van der Waals surface area contributed by atoms with Gasteiger partial charge < -0.3 is 9.64 Å². The van der Waals surface area contributed by atoms with Gasteiger partial charge in [-0.15, -0.1) is 0 Å². The number of carbonyl (C=O) groups excluding carboxylic acids is 1. The van der Waals surface area contributed by atoms with E-state index in [1.54, 1.807) is 17.0 Å². The highest BCUT2D eigenvalue weighted by Crippen LogP contribution is 2.24. The van der Waals surface area contributed by atoms with Gasteiger partial charge in [-0.25, -0.2) is 4.39 Å². The molecule has 1 fully saturated rings. The van der Waals surface area contributed by atoms with Crippen LogP contribution in [0.15, 0.2) is 18.2 Å². The van der Waals surface area contributed by atoms with Crippen LogP contribution >= 0.6 is 15.9 Å². The summed E-state index contributed by atoms with van der Waals surface area (Å²) in [6.07, 6.45) is -0.0735. The number of amides is 1. The van der Waals surface area contributed by atoms with Crippen LogP contribution in [0.25, 0.3) is 0 Å². The van der Waals surface area contributed by atoms with E-state index in [9.17, 15) is 9.18 Å². The molecular formula is C15H19BrFNO2. The van der Waals surface area contributed by atoms with Crippen molar-refractivity contribution in [2.24, 2.45) is 0 Å². The van der Waals surface area contributed by atoms with Crippen LogP contribution < -0.4 is 0 Å². The van der Waals surface area contributed by atoms with E-state index in [-0.39, 0.29) is 17.6 Å². The van der Waals surface area contributed by atoms with Gasteiger partial charge in [0.15, 0.2) is 0 Å². The fourth-order valence-corrected chi connectivity index (χ4v) is 2.84. The number of alkyl halides is 1. The third-order valence-corrected chi connectivity index (χ3v) is 4.02. The molecule has 1 unspecified atom stereocenters. The predicted octanol–water partition coefficient (Wildman–Crippen LogP) is 3.15. The van der Waals surface area contributed by atoms with Crippen LogP contribution in [-0.2, 0) is 4.74 Å². The predicted molar refractivity (Wildman–Crippen MR) is 79.8 cm³/mol. The van der Waals surface area contributed by atoms with Gasteiger partial charge in [0, 0.05) is 18.4 Å². The molecule has 0 bridgehead atoms. The quantitative estimate of drug-likeness (QED) is 0.772. The maximum atomic E-state index is 13.9. The summed E-state index contributed by atoms with van der Waals surface area (Å²) in [7, 11) is 0. The van der Waals surface area contributed by atoms with Gasteiger partial charge in [0.2, 0.25) is 0 Å². The number of benzene rings is 1. The van der Waals surface area contributed by atoms with E-state index in [1.807, 2.05) is 20.8 Å². The molecule has 1 heterocycles. The van der Waals surface area contributed by atoms with E-state index in [0.29, 0.717) is 18.4 Å². The second-order valence-corrected chi connectivity index (χ2v) is 6.47. The maximum Gasteiger partial charge on any atom is 0.257 e. The smallest absolute Gasteiger partial charge is 0.257 e. The van der Waals surface area contributed by atoms with Crippen molar-refractivity contribution in [2.75, 3.05) is 18.4 Å². The minimum atomic E-state index is -0.472. The van der Waals surface area contributed by atoms with Crippen LogP contribution in [0.1, 0.15) is 29.8 Å². The summed E-state index contributed by atoms with van der Waals surface area (Å²) < 4.78 is 19.7. The number of hydrogen-bond acceptors (Lipinski definition) is 2. The van der Waals surface area contributed by atoms with E-state index in [2.05, 4.69) is 15.9 Å². The molecule has 0 saturated carbocycles. The lowest BCUT2D eigenvalue weighted by Crippen LogP contribution is -2.55. The van der Waals surface area contributed by atoms with Crippen molar-refractivity contribution in [2.45, 2.75) is 32.5 Å². The van der Waals surface area contributed by atoms with E-state index in [4.69, 9.17) is 4.74 Å². The van der Waals surface area contributed by atoms with E-state index in [1.165, 1.54) is 6.07 Å². The van der Waals surface area contributed by atoms with Crippen LogP contribution in [0.2, 0.25) is 0 Å². The van der Waals surface area contributed by atoms with Crippen molar-refractivity contribution >= 4 is 21.8 Å². The Labute approximate surface area is 127 Å². The molecule has 1 aromatic carbocycles. The summed E-state index contributed by atoms with van der Waals surface area (Å²) >= 11 is 3.38. The van der Waals surface area contributed by atoms with Crippen molar-refractivity contribution in [3.05, 3.63) is 35.1 Å². The molecule has 110 valence electrons. The van der Waals surface area contributed by atoms with Crippen molar-refractivity contribution < 1.29 is 13.9 Å². The average molecular weight is 344 g/mol. The first-order valence-corrected chi connectivity index (χ1v) is 7.74. The van der Waals surface area contributed by atoms with Gasteiger partial charge in [-0.05, 0) is 32.9 Å². The third kappa shape index (κ3) is 3.38. The van der Waals surface area contributed by atoms with Gasteiger partial charge in [-0.1, -0.05) is 27.6 Å². The van der Waals surface area contributed by atoms with E-state index < -0.39 is 11.4 Å². The first-order chi connectivity index (χ1) is 9.32. The number of aryl methyl sites for hydroxylation is 1. The van der Waals surface area contributed by atoms with Gasteiger partial charge in [-0.3, -0.25) is 4.79 Å². The highest BCUT2D eigenvalue weighted by atomic mass is 79.9. The number of hydrogen-bond donors (Lipinski definition) is 0.